The highest BCUT2D eigenvalue weighted by atomic mass is 32.2. The zero-order valence-corrected chi connectivity index (χ0v) is 17.0. The quantitative estimate of drug-likeness (QED) is 0.619. The zero-order valence-electron chi connectivity index (χ0n) is 16.1. The summed E-state index contributed by atoms with van der Waals surface area (Å²) in [5, 5.41) is 4.65. The third kappa shape index (κ3) is 5.52. The van der Waals surface area contributed by atoms with E-state index >= 15 is 0 Å². The maximum atomic E-state index is 12.6. The zero-order chi connectivity index (χ0) is 20.9. The van der Waals surface area contributed by atoms with Crippen LogP contribution in [0.25, 0.3) is 0 Å². The van der Waals surface area contributed by atoms with Gasteiger partial charge in [-0.1, -0.05) is 19.9 Å². The lowest BCUT2D eigenvalue weighted by Gasteiger charge is -2.19. The van der Waals surface area contributed by atoms with Crippen molar-refractivity contribution in [1.82, 2.24) is 14.9 Å². The Morgan fingerprint density at radius 3 is 2.39 bits per heavy atom. The van der Waals surface area contributed by atoms with Crippen LogP contribution >= 0.6 is 0 Å². The molecule has 9 nitrogen and oxygen atoms in total. The summed E-state index contributed by atoms with van der Waals surface area (Å²) in [6, 6.07) is 3.63. The van der Waals surface area contributed by atoms with E-state index in [2.05, 4.69) is 10.6 Å². The van der Waals surface area contributed by atoms with Gasteiger partial charge < -0.3 is 10.1 Å². The lowest BCUT2D eigenvalue weighted by atomic mass is 10.1. The number of benzene rings is 1. The largest absolute Gasteiger partial charge is 0.452 e. The molecule has 2 rings (SSSR count). The van der Waals surface area contributed by atoms with Gasteiger partial charge in [0.1, 0.15) is 0 Å². The SMILES string of the molecule is CCN(CC)S(=O)(=O)c1ccc(C)c(C(=O)OCC(=O)NC(=O)NC2CC2)c1. The molecular weight excluding hydrogens is 386 g/mol. The van der Waals surface area contributed by atoms with E-state index < -0.39 is 34.5 Å². The van der Waals surface area contributed by atoms with Crippen molar-refractivity contribution in [1.29, 1.82) is 0 Å². The van der Waals surface area contributed by atoms with E-state index in [0.717, 1.165) is 12.8 Å². The van der Waals surface area contributed by atoms with E-state index in [0.29, 0.717) is 18.7 Å². The molecule has 154 valence electrons. The van der Waals surface area contributed by atoms with Gasteiger partial charge in [0.15, 0.2) is 6.61 Å². The van der Waals surface area contributed by atoms with E-state index in [9.17, 15) is 22.8 Å². The van der Waals surface area contributed by atoms with Crippen molar-refractivity contribution >= 4 is 27.9 Å². The van der Waals surface area contributed by atoms with E-state index in [1.54, 1.807) is 20.8 Å². The number of hydrogen-bond donors (Lipinski definition) is 2. The van der Waals surface area contributed by atoms with Crippen molar-refractivity contribution in [2.24, 2.45) is 0 Å². The number of carbonyl (C=O) groups excluding carboxylic acids is 3. The summed E-state index contributed by atoms with van der Waals surface area (Å²) in [6.45, 7) is 5.03. The molecule has 0 aromatic heterocycles. The Balaban J connectivity index is 2.04. The van der Waals surface area contributed by atoms with Crippen LogP contribution in [0, 0.1) is 6.92 Å². The lowest BCUT2D eigenvalue weighted by molar-refractivity contribution is -0.123. The van der Waals surface area contributed by atoms with Crippen LogP contribution in [0.2, 0.25) is 0 Å². The molecule has 0 spiro atoms. The average molecular weight is 411 g/mol. The lowest BCUT2D eigenvalue weighted by Crippen LogP contribution is -2.42. The van der Waals surface area contributed by atoms with Gasteiger partial charge >= 0.3 is 12.0 Å². The Kier molecular flexibility index (Phi) is 7.14. The number of sulfonamides is 1. The third-order valence-corrected chi connectivity index (χ3v) is 6.32. The van der Waals surface area contributed by atoms with Crippen LogP contribution in [-0.2, 0) is 19.6 Å². The number of nitrogens with one attached hydrogen (secondary N) is 2. The monoisotopic (exact) mass is 411 g/mol. The Hall–Kier alpha value is -2.46. The highest BCUT2D eigenvalue weighted by Crippen LogP contribution is 2.20. The second kappa shape index (κ2) is 9.16. The van der Waals surface area contributed by atoms with Crippen LogP contribution in [0.4, 0.5) is 4.79 Å². The third-order valence-electron chi connectivity index (χ3n) is 4.27. The molecule has 3 amide bonds. The molecule has 0 heterocycles. The molecule has 0 saturated heterocycles. The fourth-order valence-corrected chi connectivity index (χ4v) is 4.00. The van der Waals surface area contributed by atoms with Gasteiger partial charge in [-0.05, 0) is 37.5 Å². The molecule has 1 saturated carbocycles. The standard InChI is InChI=1S/C18H25N3O6S/c1-4-21(5-2)28(25,26)14-9-6-12(3)15(10-14)17(23)27-11-16(22)20-18(24)19-13-7-8-13/h6,9-10,13H,4-5,7-8,11H2,1-3H3,(H2,19,20,22,24). The van der Waals surface area contributed by atoms with Gasteiger partial charge in [0, 0.05) is 19.1 Å². The fourth-order valence-electron chi connectivity index (χ4n) is 2.51. The van der Waals surface area contributed by atoms with Crippen LogP contribution in [0.3, 0.4) is 0 Å². The predicted molar refractivity (Wildman–Crippen MR) is 101 cm³/mol. The molecule has 0 atom stereocenters. The smallest absolute Gasteiger partial charge is 0.338 e. The van der Waals surface area contributed by atoms with Crippen molar-refractivity contribution in [3.63, 3.8) is 0 Å². The van der Waals surface area contributed by atoms with Crippen LogP contribution in [0.15, 0.2) is 23.1 Å². The topological polar surface area (TPSA) is 122 Å². The van der Waals surface area contributed by atoms with E-state index in [1.807, 2.05) is 0 Å². The molecule has 0 aliphatic heterocycles. The Morgan fingerprint density at radius 2 is 1.82 bits per heavy atom. The molecule has 28 heavy (non-hydrogen) atoms. The van der Waals surface area contributed by atoms with Crippen molar-refractivity contribution < 1.29 is 27.5 Å². The second-order valence-electron chi connectivity index (χ2n) is 6.44. The molecule has 0 radical (unpaired) electrons. The molecule has 10 heteroatoms. The van der Waals surface area contributed by atoms with Crippen molar-refractivity contribution in [2.75, 3.05) is 19.7 Å². The Bertz CT molecular complexity index is 860. The van der Waals surface area contributed by atoms with Crippen LogP contribution in [0.5, 0.6) is 0 Å². The van der Waals surface area contributed by atoms with Gasteiger partial charge in [-0.3, -0.25) is 10.1 Å². The first kappa shape index (κ1) is 21.8. The normalized spacial score (nSPS) is 13.9. The van der Waals surface area contributed by atoms with E-state index in [1.165, 1.54) is 22.5 Å². The first-order valence-corrected chi connectivity index (χ1v) is 10.5. The highest BCUT2D eigenvalue weighted by molar-refractivity contribution is 7.89. The molecule has 0 unspecified atom stereocenters. The average Bonchev–Trinajstić information content (AvgIpc) is 3.44. The van der Waals surface area contributed by atoms with Gasteiger partial charge in [0.25, 0.3) is 5.91 Å². The summed E-state index contributed by atoms with van der Waals surface area (Å²) in [6.07, 6.45) is 1.76. The first-order valence-electron chi connectivity index (χ1n) is 9.07. The van der Waals surface area contributed by atoms with E-state index in [4.69, 9.17) is 4.74 Å². The number of amides is 3. The molecule has 1 aromatic carbocycles. The number of imide groups is 1. The molecule has 1 aliphatic rings. The van der Waals surface area contributed by atoms with Crippen LogP contribution < -0.4 is 10.6 Å². The van der Waals surface area contributed by atoms with Crippen molar-refractivity contribution in [3.8, 4) is 0 Å². The van der Waals surface area contributed by atoms with Crippen LogP contribution in [0.1, 0.15) is 42.6 Å². The summed E-state index contributed by atoms with van der Waals surface area (Å²) in [5.41, 5.74) is 0.554. The minimum absolute atomic E-state index is 0.0259. The van der Waals surface area contributed by atoms with Crippen molar-refractivity contribution in [3.05, 3.63) is 29.3 Å². The number of ether oxygens (including phenoxy) is 1. The van der Waals surface area contributed by atoms with E-state index in [-0.39, 0.29) is 16.5 Å². The van der Waals surface area contributed by atoms with Crippen molar-refractivity contribution in [2.45, 2.75) is 44.6 Å². The highest BCUT2D eigenvalue weighted by Gasteiger charge is 2.25. The predicted octanol–water partition coefficient (Wildman–Crippen LogP) is 1.17. The second-order valence-corrected chi connectivity index (χ2v) is 8.38. The Morgan fingerprint density at radius 1 is 1.18 bits per heavy atom. The van der Waals surface area contributed by atoms with Gasteiger partial charge in [0.05, 0.1) is 10.5 Å². The molecule has 1 fully saturated rings. The van der Waals surface area contributed by atoms with Gasteiger partial charge in [0.2, 0.25) is 10.0 Å². The summed E-state index contributed by atoms with van der Waals surface area (Å²) in [7, 11) is -3.73. The van der Waals surface area contributed by atoms with Gasteiger partial charge in [-0.15, -0.1) is 0 Å². The minimum atomic E-state index is -3.73. The summed E-state index contributed by atoms with van der Waals surface area (Å²) in [4.78, 5) is 35.5. The minimum Gasteiger partial charge on any atom is -0.452 e. The molecular formula is C18H25N3O6S. The van der Waals surface area contributed by atoms with Gasteiger partial charge in [-0.25, -0.2) is 18.0 Å². The summed E-state index contributed by atoms with van der Waals surface area (Å²) < 4.78 is 31.5. The summed E-state index contributed by atoms with van der Waals surface area (Å²) in [5.74, 6) is -1.61. The van der Waals surface area contributed by atoms with Gasteiger partial charge in [-0.2, -0.15) is 4.31 Å². The maximum absolute atomic E-state index is 12.6. The summed E-state index contributed by atoms with van der Waals surface area (Å²) >= 11 is 0. The number of hydrogen-bond acceptors (Lipinski definition) is 6. The first-order chi connectivity index (χ1) is 13.2. The molecule has 1 aromatic rings. The number of nitrogens with zero attached hydrogens (tertiary/aromatic N) is 1. The maximum Gasteiger partial charge on any atom is 0.338 e. The molecule has 1 aliphatic carbocycles. The number of rotatable bonds is 8. The fraction of sp³-hybridized carbons (Fsp3) is 0.500. The molecule has 2 N–H and O–H groups in total. The Labute approximate surface area is 164 Å². The number of carbonyl (C=O) groups is 3. The number of esters is 1. The number of urea groups is 1. The number of aryl methyl sites for hydroxylation is 1. The molecule has 0 bridgehead atoms. The van der Waals surface area contributed by atoms with Crippen LogP contribution in [-0.4, -0.2) is 56.4 Å².